The Morgan fingerprint density at radius 3 is 2.83 bits per heavy atom. The number of ether oxygens (including phenoxy) is 1. The van der Waals surface area contributed by atoms with E-state index in [1.807, 2.05) is 49.2 Å². The fourth-order valence-electron chi connectivity index (χ4n) is 4.13. The van der Waals surface area contributed by atoms with Crippen LogP contribution in [0.4, 0.5) is 0 Å². The molecule has 152 valence electrons. The number of methoxy groups -OCH3 is 1. The van der Waals surface area contributed by atoms with Crippen molar-refractivity contribution in [3.63, 3.8) is 0 Å². The van der Waals surface area contributed by atoms with Gasteiger partial charge in [0.15, 0.2) is 0 Å². The van der Waals surface area contributed by atoms with Crippen molar-refractivity contribution < 1.29 is 14.3 Å². The van der Waals surface area contributed by atoms with Crippen LogP contribution in [0.25, 0.3) is 10.9 Å². The number of nitrogens with one attached hydrogen (secondary N) is 1. The number of aryl methyl sites for hydroxylation is 1. The molecule has 0 saturated heterocycles. The van der Waals surface area contributed by atoms with Crippen molar-refractivity contribution in [2.24, 2.45) is 0 Å². The highest BCUT2D eigenvalue weighted by atomic mass is 16.5. The van der Waals surface area contributed by atoms with Crippen molar-refractivity contribution in [2.75, 3.05) is 13.7 Å². The number of carbonyl (C=O) groups is 2. The molecule has 0 bridgehead atoms. The van der Waals surface area contributed by atoms with Gasteiger partial charge in [0.05, 0.1) is 25.5 Å². The second kappa shape index (κ2) is 7.39. The van der Waals surface area contributed by atoms with Crippen LogP contribution in [0, 0.1) is 0 Å². The number of nitrogens with zero attached hydrogens (tertiary/aromatic N) is 3. The van der Waals surface area contributed by atoms with Gasteiger partial charge in [-0.25, -0.2) is 4.98 Å². The summed E-state index contributed by atoms with van der Waals surface area (Å²) < 4.78 is 6.84. The van der Waals surface area contributed by atoms with E-state index in [1.54, 1.807) is 6.20 Å². The monoisotopic (exact) mass is 394 g/mol. The van der Waals surface area contributed by atoms with Crippen LogP contribution in [-0.4, -0.2) is 45.0 Å². The molecular weight excluding hydrogens is 368 g/mol. The topological polar surface area (TPSA) is 80.2 Å². The van der Waals surface area contributed by atoms with E-state index >= 15 is 0 Å². The minimum Gasteiger partial charge on any atom is -0.469 e. The minimum atomic E-state index is -0.651. The number of hydrogen-bond donors (Lipinski definition) is 1. The van der Waals surface area contributed by atoms with Crippen LogP contribution < -0.4 is 0 Å². The molecule has 7 nitrogen and oxygen atoms in total. The van der Waals surface area contributed by atoms with E-state index in [-0.39, 0.29) is 11.9 Å². The summed E-state index contributed by atoms with van der Waals surface area (Å²) in [5.41, 5.74) is 2.40. The first-order valence-electron chi connectivity index (χ1n) is 9.88. The first kappa shape index (κ1) is 19.2. The first-order valence-corrected chi connectivity index (χ1v) is 9.88. The normalized spacial score (nSPS) is 14.1. The third-order valence-corrected chi connectivity index (χ3v) is 5.84. The Labute approximate surface area is 169 Å². The van der Waals surface area contributed by atoms with Gasteiger partial charge in [-0.05, 0) is 31.9 Å². The van der Waals surface area contributed by atoms with E-state index < -0.39 is 5.41 Å². The Kier molecular flexibility index (Phi) is 4.90. The molecule has 1 aromatic carbocycles. The fraction of sp³-hybridized carbons (Fsp3) is 0.409. The maximum Gasteiger partial charge on any atom is 0.305 e. The predicted molar refractivity (Wildman–Crippen MR) is 109 cm³/mol. The van der Waals surface area contributed by atoms with Gasteiger partial charge in [0, 0.05) is 42.1 Å². The Morgan fingerprint density at radius 1 is 1.24 bits per heavy atom. The largest absolute Gasteiger partial charge is 0.469 e. The molecule has 1 aliphatic rings. The summed E-state index contributed by atoms with van der Waals surface area (Å²) in [5.74, 6) is 0.723. The van der Waals surface area contributed by atoms with Crippen LogP contribution in [0.3, 0.4) is 0 Å². The summed E-state index contributed by atoms with van der Waals surface area (Å²) >= 11 is 0. The third-order valence-electron chi connectivity index (χ3n) is 5.84. The Bertz CT molecular complexity index is 1060. The number of H-pyrrole nitrogens is 1. The molecular formula is C22H26N4O3. The molecule has 3 heterocycles. The summed E-state index contributed by atoms with van der Waals surface area (Å²) in [6.07, 6.45) is 4.67. The lowest BCUT2D eigenvalue weighted by molar-refractivity contribution is -0.140. The summed E-state index contributed by atoms with van der Waals surface area (Å²) in [4.78, 5) is 34.5. The summed E-state index contributed by atoms with van der Waals surface area (Å²) in [7, 11) is 1.40. The molecule has 3 aromatic rings. The van der Waals surface area contributed by atoms with Crippen molar-refractivity contribution in [3.05, 3.63) is 53.7 Å². The summed E-state index contributed by atoms with van der Waals surface area (Å²) in [6, 6.07) is 8.05. The number of aromatic amines is 1. The van der Waals surface area contributed by atoms with Crippen molar-refractivity contribution in [3.8, 4) is 0 Å². The van der Waals surface area contributed by atoms with Crippen LogP contribution in [0.2, 0.25) is 0 Å². The van der Waals surface area contributed by atoms with Gasteiger partial charge in [-0.1, -0.05) is 18.2 Å². The highest BCUT2D eigenvalue weighted by molar-refractivity contribution is 5.94. The van der Waals surface area contributed by atoms with E-state index in [4.69, 9.17) is 4.74 Å². The molecule has 0 saturated carbocycles. The smallest absolute Gasteiger partial charge is 0.305 e. The maximum absolute atomic E-state index is 13.4. The second-order valence-corrected chi connectivity index (χ2v) is 7.99. The molecule has 1 aliphatic heterocycles. The molecule has 4 rings (SSSR count). The second-order valence-electron chi connectivity index (χ2n) is 7.99. The number of hydrogen-bond acceptors (Lipinski definition) is 4. The van der Waals surface area contributed by atoms with Gasteiger partial charge in [0.25, 0.3) is 0 Å². The lowest BCUT2D eigenvalue weighted by Crippen LogP contribution is -2.47. The molecule has 0 fully saturated rings. The van der Waals surface area contributed by atoms with Crippen LogP contribution in [-0.2, 0) is 39.3 Å². The molecule has 0 spiro atoms. The number of amides is 1. The zero-order valence-electron chi connectivity index (χ0n) is 17.1. The van der Waals surface area contributed by atoms with Crippen LogP contribution >= 0.6 is 0 Å². The molecule has 0 radical (unpaired) electrons. The predicted octanol–water partition coefficient (Wildman–Crippen LogP) is 2.79. The molecule has 29 heavy (non-hydrogen) atoms. The van der Waals surface area contributed by atoms with Gasteiger partial charge in [-0.2, -0.15) is 0 Å². The van der Waals surface area contributed by atoms with Gasteiger partial charge in [-0.3, -0.25) is 9.59 Å². The fourth-order valence-corrected chi connectivity index (χ4v) is 4.13. The standard InChI is InChI=1S/C22H26N4O3/c1-22(2,17-13-23-18-7-5-4-6-16(17)18)21(28)25-10-11-26-15(8-9-20(27)29-3)12-24-19(26)14-25/h4-7,12-13,23H,8-11,14H2,1-3H3. The quantitative estimate of drug-likeness (QED) is 0.675. The number of esters is 1. The van der Waals surface area contributed by atoms with Crippen LogP contribution in [0.1, 0.15) is 37.4 Å². The molecule has 0 unspecified atom stereocenters. The number of rotatable bonds is 5. The average Bonchev–Trinajstić information content (AvgIpc) is 3.35. The maximum atomic E-state index is 13.4. The van der Waals surface area contributed by atoms with Gasteiger partial charge in [-0.15, -0.1) is 0 Å². The Morgan fingerprint density at radius 2 is 2.03 bits per heavy atom. The van der Waals surface area contributed by atoms with Crippen molar-refractivity contribution >= 4 is 22.8 Å². The number of aromatic nitrogens is 3. The summed E-state index contributed by atoms with van der Waals surface area (Å²) in [6.45, 7) is 5.74. The molecule has 2 aromatic heterocycles. The average molecular weight is 394 g/mol. The van der Waals surface area contributed by atoms with Crippen molar-refractivity contribution in [2.45, 2.75) is 45.2 Å². The number of carbonyl (C=O) groups excluding carboxylic acids is 2. The molecule has 7 heteroatoms. The summed E-state index contributed by atoms with van der Waals surface area (Å²) in [5, 5.41) is 1.08. The number of fused-ring (bicyclic) bond motifs is 2. The van der Waals surface area contributed by atoms with Gasteiger partial charge >= 0.3 is 5.97 Å². The van der Waals surface area contributed by atoms with Gasteiger partial charge in [0.2, 0.25) is 5.91 Å². The SMILES string of the molecule is COC(=O)CCc1cnc2n1CCN(C(=O)C(C)(C)c1c[nH]c3ccccc13)C2. The Balaban J connectivity index is 1.52. The van der Waals surface area contributed by atoms with Crippen LogP contribution in [0.5, 0.6) is 0 Å². The van der Waals surface area contributed by atoms with E-state index in [0.717, 1.165) is 28.0 Å². The minimum absolute atomic E-state index is 0.0904. The highest BCUT2D eigenvalue weighted by Gasteiger charge is 2.37. The molecule has 1 amide bonds. The number of para-hydroxylation sites is 1. The molecule has 0 atom stereocenters. The highest BCUT2D eigenvalue weighted by Crippen LogP contribution is 2.33. The van der Waals surface area contributed by atoms with Gasteiger partial charge in [0.1, 0.15) is 5.82 Å². The lowest BCUT2D eigenvalue weighted by Gasteiger charge is -2.35. The zero-order valence-corrected chi connectivity index (χ0v) is 17.1. The number of benzene rings is 1. The van der Waals surface area contributed by atoms with E-state index in [9.17, 15) is 9.59 Å². The first-order chi connectivity index (χ1) is 13.9. The lowest BCUT2D eigenvalue weighted by atomic mass is 9.82. The van der Waals surface area contributed by atoms with Crippen molar-refractivity contribution in [1.82, 2.24) is 19.4 Å². The zero-order chi connectivity index (χ0) is 20.6. The Hall–Kier alpha value is -3.09. The van der Waals surface area contributed by atoms with Gasteiger partial charge < -0.3 is 19.2 Å². The van der Waals surface area contributed by atoms with Crippen molar-refractivity contribution in [1.29, 1.82) is 0 Å². The molecule has 1 N–H and O–H groups in total. The van der Waals surface area contributed by atoms with E-state index in [0.29, 0.717) is 32.5 Å². The van der Waals surface area contributed by atoms with Crippen LogP contribution in [0.15, 0.2) is 36.7 Å². The van der Waals surface area contributed by atoms with E-state index in [2.05, 4.69) is 14.5 Å². The number of imidazole rings is 1. The van der Waals surface area contributed by atoms with E-state index in [1.165, 1.54) is 7.11 Å². The third kappa shape index (κ3) is 3.41. The molecule has 0 aliphatic carbocycles.